The summed E-state index contributed by atoms with van der Waals surface area (Å²) >= 11 is 2.74. The zero-order chi connectivity index (χ0) is 13.8. The van der Waals surface area contributed by atoms with E-state index in [1.807, 2.05) is 24.4 Å². The Morgan fingerprint density at radius 2 is 2.37 bits per heavy atom. The fourth-order valence-electron chi connectivity index (χ4n) is 1.42. The molecule has 1 aromatic heterocycles. The maximum Gasteiger partial charge on any atom is 0.240 e. The lowest BCUT2D eigenvalue weighted by Gasteiger charge is -1.98. The summed E-state index contributed by atoms with van der Waals surface area (Å²) < 4.78 is 0. The molecule has 0 spiro atoms. The predicted octanol–water partition coefficient (Wildman–Crippen LogP) is 0.935. The molecule has 1 aromatic rings. The van der Waals surface area contributed by atoms with E-state index in [1.54, 1.807) is 11.3 Å². The highest BCUT2D eigenvalue weighted by Crippen LogP contribution is 2.22. The molecule has 0 aliphatic carbocycles. The first-order chi connectivity index (χ1) is 9.06. The number of nitrogens with zero attached hydrogens (tertiary/aromatic N) is 2. The minimum absolute atomic E-state index is 0.00312. The Balaban J connectivity index is 2.04. The van der Waals surface area contributed by atoms with E-state index in [1.165, 1.54) is 11.8 Å². The van der Waals surface area contributed by atoms with Gasteiger partial charge in [-0.3, -0.25) is 9.59 Å². The van der Waals surface area contributed by atoms with Crippen molar-refractivity contribution in [3.8, 4) is 0 Å². The van der Waals surface area contributed by atoms with E-state index in [-0.39, 0.29) is 12.3 Å². The number of amidine groups is 1. The van der Waals surface area contributed by atoms with Crippen molar-refractivity contribution in [3.05, 3.63) is 22.4 Å². The molecular formula is C11H12N4O2S2. The second-order valence-electron chi connectivity index (χ2n) is 3.83. The van der Waals surface area contributed by atoms with Gasteiger partial charge in [0.1, 0.15) is 5.25 Å². The number of carbonyl (C=O) groups is 2. The van der Waals surface area contributed by atoms with Gasteiger partial charge in [-0.1, -0.05) is 17.8 Å². The molecule has 100 valence electrons. The van der Waals surface area contributed by atoms with E-state index in [0.717, 1.165) is 10.6 Å². The molecule has 2 amide bonds. The van der Waals surface area contributed by atoms with Crippen LogP contribution < -0.4 is 11.1 Å². The first-order valence-corrected chi connectivity index (χ1v) is 7.24. The van der Waals surface area contributed by atoms with Gasteiger partial charge in [0, 0.05) is 6.42 Å². The predicted molar refractivity (Wildman–Crippen MR) is 77.3 cm³/mol. The lowest BCUT2D eigenvalue weighted by Crippen LogP contribution is -2.28. The normalized spacial score (nSPS) is 21.7. The van der Waals surface area contributed by atoms with Crippen LogP contribution in [0.1, 0.15) is 18.2 Å². The van der Waals surface area contributed by atoms with Crippen molar-refractivity contribution in [2.24, 2.45) is 15.9 Å². The third-order valence-electron chi connectivity index (χ3n) is 2.33. The third-order valence-corrected chi connectivity index (χ3v) is 4.38. The van der Waals surface area contributed by atoms with Gasteiger partial charge in [0.05, 0.1) is 10.6 Å². The maximum absolute atomic E-state index is 11.5. The molecule has 2 rings (SSSR count). The van der Waals surface area contributed by atoms with Gasteiger partial charge in [-0.2, -0.15) is 5.10 Å². The topological polar surface area (TPSA) is 96.9 Å². The van der Waals surface area contributed by atoms with Gasteiger partial charge in [-0.25, -0.2) is 0 Å². The first kappa shape index (κ1) is 13.8. The fraction of sp³-hybridized carbons (Fsp3) is 0.273. The molecular weight excluding hydrogens is 284 g/mol. The van der Waals surface area contributed by atoms with Gasteiger partial charge >= 0.3 is 0 Å². The Labute approximate surface area is 118 Å². The molecule has 1 unspecified atom stereocenters. The SMILES string of the molecule is C/C(=N/N=C1/NC(=O)C(CC(N)=O)S1)c1cccs1. The number of hydrogen-bond acceptors (Lipinski definition) is 6. The van der Waals surface area contributed by atoms with Crippen LogP contribution in [0.15, 0.2) is 27.7 Å². The van der Waals surface area contributed by atoms with Crippen LogP contribution in [-0.4, -0.2) is 27.9 Å². The average Bonchev–Trinajstić information content (AvgIpc) is 2.96. The Morgan fingerprint density at radius 1 is 1.58 bits per heavy atom. The molecule has 6 nitrogen and oxygen atoms in total. The second-order valence-corrected chi connectivity index (χ2v) is 5.97. The number of carbonyl (C=O) groups excluding carboxylic acids is 2. The highest BCUT2D eigenvalue weighted by molar-refractivity contribution is 8.15. The van der Waals surface area contributed by atoms with E-state index in [0.29, 0.717) is 5.17 Å². The van der Waals surface area contributed by atoms with Crippen LogP contribution in [0.25, 0.3) is 0 Å². The van der Waals surface area contributed by atoms with Gasteiger partial charge in [0.25, 0.3) is 0 Å². The first-order valence-electron chi connectivity index (χ1n) is 5.48. The molecule has 3 N–H and O–H groups in total. The van der Waals surface area contributed by atoms with E-state index < -0.39 is 11.2 Å². The molecule has 0 radical (unpaired) electrons. The van der Waals surface area contributed by atoms with Crippen LogP contribution in [-0.2, 0) is 9.59 Å². The Bertz CT molecular complexity index is 551. The molecule has 1 aliphatic rings. The lowest BCUT2D eigenvalue weighted by molar-refractivity contribution is -0.123. The average molecular weight is 296 g/mol. The lowest BCUT2D eigenvalue weighted by atomic mass is 10.3. The number of hydrogen-bond donors (Lipinski definition) is 2. The number of nitrogens with two attached hydrogens (primary N) is 1. The van der Waals surface area contributed by atoms with Crippen molar-refractivity contribution in [1.29, 1.82) is 0 Å². The van der Waals surface area contributed by atoms with E-state index in [9.17, 15) is 9.59 Å². The summed E-state index contributed by atoms with van der Waals surface area (Å²) in [6, 6.07) is 3.88. The molecule has 19 heavy (non-hydrogen) atoms. The molecule has 1 fully saturated rings. The number of amides is 2. The van der Waals surface area contributed by atoms with Crippen LogP contribution in [0, 0.1) is 0 Å². The van der Waals surface area contributed by atoms with Crippen molar-refractivity contribution in [1.82, 2.24) is 5.32 Å². The molecule has 1 atom stereocenters. The van der Waals surface area contributed by atoms with Crippen molar-refractivity contribution in [2.75, 3.05) is 0 Å². The minimum Gasteiger partial charge on any atom is -0.370 e. The van der Waals surface area contributed by atoms with E-state index >= 15 is 0 Å². The largest absolute Gasteiger partial charge is 0.370 e. The summed E-state index contributed by atoms with van der Waals surface area (Å²) in [6.45, 7) is 1.85. The molecule has 0 saturated carbocycles. The molecule has 2 heterocycles. The Hall–Kier alpha value is -1.67. The highest BCUT2D eigenvalue weighted by atomic mass is 32.2. The van der Waals surface area contributed by atoms with Crippen molar-refractivity contribution in [2.45, 2.75) is 18.6 Å². The minimum atomic E-state index is -0.507. The molecule has 1 saturated heterocycles. The zero-order valence-electron chi connectivity index (χ0n) is 10.1. The quantitative estimate of drug-likeness (QED) is 0.639. The summed E-state index contributed by atoms with van der Waals surface area (Å²) in [6.07, 6.45) is 0.00312. The fourth-order valence-corrected chi connectivity index (χ4v) is 3.03. The maximum atomic E-state index is 11.5. The molecule has 8 heteroatoms. The number of rotatable bonds is 4. The summed E-state index contributed by atoms with van der Waals surface area (Å²) in [5.41, 5.74) is 5.84. The second kappa shape index (κ2) is 5.98. The highest BCUT2D eigenvalue weighted by Gasteiger charge is 2.31. The number of thioether (sulfide) groups is 1. The van der Waals surface area contributed by atoms with E-state index in [2.05, 4.69) is 15.5 Å². The van der Waals surface area contributed by atoms with Gasteiger partial charge < -0.3 is 11.1 Å². The monoisotopic (exact) mass is 296 g/mol. The van der Waals surface area contributed by atoms with Crippen molar-refractivity contribution >= 4 is 45.8 Å². The van der Waals surface area contributed by atoms with Gasteiger partial charge in [-0.05, 0) is 18.4 Å². The number of nitrogens with one attached hydrogen (secondary N) is 1. The summed E-state index contributed by atoms with van der Waals surface area (Å²) in [7, 11) is 0. The van der Waals surface area contributed by atoms with Crippen LogP contribution >= 0.6 is 23.1 Å². The van der Waals surface area contributed by atoms with Crippen LogP contribution in [0.4, 0.5) is 0 Å². The molecule has 0 bridgehead atoms. The van der Waals surface area contributed by atoms with Crippen LogP contribution in [0.5, 0.6) is 0 Å². The Kier molecular flexibility index (Phi) is 4.33. The van der Waals surface area contributed by atoms with Crippen LogP contribution in [0.2, 0.25) is 0 Å². The van der Waals surface area contributed by atoms with Crippen molar-refractivity contribution < 1.29 is 9.59 Å². The van der Waals surface area contributed by atoms with E-state index in [4.69, 9.17) is 5.73 Å². The summed E-state index contributed by atoms with van der Waals surface area (Å²) in [5, 5.41) is 12.5. The smallest absolute Gasteiger partial charge is 0.240 e. The third kappa shape index (κ3) is 3.65. The van der Waals surface area contributed by atoms with Gasteiger partial charge in [0.15, 0.2) is 5.17 Å². The number of primary amides is 1. The van der Waals surface area contributed by atoms with Gasteiger partial charge in [-0.15, -0.1) is 16.4 Å². The molecule has 1 aliphatic heterocycles. The Morgan fingerprint density at radius 3 is 3.00 bits per heavy atom. The summed E-state index contributed by atoms with van der Waals surface area (Å²) in [4.78, 5) is 23.3. The standard InChI is InChI=1S/C11H12N4O2S2/c1-6(7-3-2-4-18-7)14-15-11-13-10(17)8(19-11)5-9(12)16/h2-4,8H,5H2,1H3,(H2,12,16)(H,13,15,17)/b14-6-. The zero-order valence-corrected chi connectivity index (χ0v) is 11.8. The van der Waals surface area contributed by atoms with Crippen LogP contribution in [0.3, 0.4) is 0 Å². The molecule has 0 aromatic carbocycles. The van der Waals surface area contributed by atoms with Gasteiger partial charge in [0.2, 0.25) is 11.8 Å². The van der Waals surface area contributed by atoms with Crippen molar-refractivity contribution in [3.63, 3.8) is 0 Å². The summed E-state index contributed by atoms with van der Waals surface area (Å²) in [5.74, 6) is -0.765. The number of thiophene rings is 1.